The number of aryl methyl sites for hydroxylation is 1. The lowest BCUT2D eigenvalue weighted by Crippen LogP contribution is -2.24. The fourth-order valence-electron chi connectivity index (χ4n) is 1.22. The third-order valence-corrected chi connectivity index (χ3v) is 4.44. The minimum Gasteiger partial charge on any atom is -0.549 e. The van der Waals surface area contributed by atoms with E-state index < -0.39 is 5.97 Å². The summed E-state index contributed by atoms with van der Waals surface area (Å²) in [6.07, 6.45) is 1.41. The van der Waals surface area contributed by atoms with Crippen LogP contribution in [0.5, 0.6) is 0 Å². The van der Waals surface area contributed by atoms with Crippen molar-refractivity contribution < 1.29 is 9.90 Å². The first-order valence-corrected chi connectivity index (χ1v) is 6.50. The Morgan fingerprint density at radius 1 is 1.62 bits per heavy atom. The molecule has 0 spiro atoms. The van der Waals surface area contributed by atoms with E-state index in [2.05, 4.69) is 9.97 Å². The van der Waals surface area contributed by atoms with Gasteiger partial charge in [0.1, 0.15) is 16.2 Å². The molecule has 16 heavy (non-hydrogen) atoms. The third-order valence-electron chi connectivity index (χ3n) is 1.88. The summed E-state index contributed by atoms with van der Waals surface area (Å²) < 4.78 is 0. The number of halogens is 1. The van der Waals surface area contributed by atoms with Gasteiger partial charge < -0.3 is 9.90 Å². The molecule has 84 valence electrons. The van der Waals surface area contributed by atoms with E-state index in [0.717, 1.165) is 26.9 Å². The molecular formula is C9H6ClN2O2S2-. The van der Waals surface area contributed by atoms with Gasteiger partial charge in [0.15, 0.2) is 0 Å². The average molecular weight is 274 g/mol. The van der Waals surface area contributed by atoms with Gasteiger partial charge in [0.2, 0.25) is 0 Å². The molecule has 0 N–H and O–H groups in total. The summed E-state index contributed by atoms with van der Waals surface area (Å²) >= 11 is 8.68. The normalized spacial score (nSPS) is 10.9. The summed E-state index contributed by atoms with van der Waals surface area (Å²) in [6, 6.07) is 0. The molecule has 0 aliphatic rings. The quantitative estimate of drug-likeness (QED) is 0.626. The molecule has 2 aromatic rings. The fraction of sp³-hybridized carbons (Fsp3) is 0.222. The summed E-state index contributed by atoms with van der Waals surface area (Å²) in [6.45, 7) is 1.89. The molecule has 2 rings (SSSR count). The van der Waals surface area contributed by atoms with Crippen LogP contribution >= 0.6 is 34.7 Å². The van der Waals surface area contributed by atoms with Gasteiger partial charge >= 0.3 is 0 Å². The lowest BCUT2D eigenvalue weighted by atomic mass is 10.4. The summed E-state index contributed by atoms with van der Waals surface area (Å²) in [4.78, 5) is 20.3. The topological polar surface area (TPSA) is 65.9 Å². The molecule has 4 nitrogen and oxygen atoms in total. The number of rotatable bonds is 3. The second kappa shape index (κ2) is 4.57. The molecule has 0 saturated carbocycles. The predicted molar refractivity (Wildman–Crippen MR) is 62.9 cm³/mol. The van der Waals surface area contributed by atoms with Crippen LogP contribution < -0.4 is 5.11 Å². The first-order chi connectivity index (χ1) is 7.59. The monoisotopic (exact) mass is 273 g/mol. The zero-order valence-corrected chi connectivity index (χ0v) is 10.6. The third kappa shape index (κ3) is 2.14. The van der Waals surface area contributed by atoms with Gasteiger partial charge in [-0.05, 0) is 6.92 Å². The number of hydrogen-bond donors (Lipinski definition) is 0. The van der Waals surface area contributed by atoms with Crippen LogP contribution in [-0.2, 0) is 4.79 Å². The zero-order chi connectivity index (χ0) is 11.7. The summed E-state index contributed by atoms with van der Waals surface area (Å²) in [5.74, 6) is -1.27. The number of thiophene rings is 1. The Balaban J connectivity index is 2.48. The van der Waals surface area contributed by atoms with E-state index in [4.69, 9.17) is 11.6 Å². The van der Waals surface area contributed by atoms with E-state index in [1.54, 1.807) is 0 Å². The van der Waals surface area contributed by atoms with Crippen LogP contribution in [0.3, 0.4) is 0 Å². The van der Waals surface area contributed by atoms with Crippen molar-refractivity contribution in [3.05, 3.63) is 16.2 Å². The van der Waals surface area contributed by atoms with E-state index in [0.29, 0.717) is 10.0 Å². The van der Waals surface area contributed by atoms with Crippen LogP contribution in [0, 0.1) is 6.92 Å². The molecule has 0 bridgehead atoms. The largest absolute Gasteiger partial charge is 0.549 e. The van der Waals surface area contributed by atoms with Crippen molar-refractivity contribution in [2.45, 2.75) is 11.9 Å². The van der Waals surface area contributed by atoms with Gasteiger partial charge in [0.25, 0.3) is 0 Å². The highest BCUT2D eigenvalue weighted by atomic mass is 35.5. The van der Waals surface area contributed by atoms with Crippen LogP contribution in [0.25, 0.3) is 10.2 Å². The van der Waals surface area contributed by atoms with Gasteiger partial charge in [-0.1, -0.05) is 23.4 Å². The summed E-state index contributed by atoms with van der Waals surface area (Å²) in [5, 5.41) is 12.3. The Morgan fingerprint density at radius 2 is 2.38 bits per heavy atom. The highest BCUT2D eigenvalue weighted by molar-refractivity contribution is 8.00. The molecule has 7 heteroatoms. The smallest absolute Gasteiger partial charge is 0.129 e. The number of aromatic nitrogens is 2. The van der Waals surface area contributed by atoms with E-state index in [1.165, 1.54) is 17.7 Å². The molecule has 0 atom stereocenters. The average Bonchev–Trinajstić information content (AvgIpc) is 2.52. The predicted octanol–water partition coefficient (Wildman–Crippen LogP) is 1.50. The number of fused-ring (bicyclic) bond motifs is 1. The molecular weight excluding hydrogens is 268 g/mol. The molecule has 0 radical (unpaired) electrons. The number of carbonyl (C=O) groups is 1. The van der Waals surface area contributed by atoms with Crippen molar-refractivity contribution in [2.75, 3.05) is 5.75 Å². The molecule has 0 aliphatic heterocycles. The second-order valence-electron chi connectivity index (χ2n) is 2.99. The lowest BCUT2D eigenvalue weighted by Gasteiger charge is -2.02. The maximum absolute atomic E-state index is 10.4. The molecule has 0 aliphatic carbocycles. The first-order valence-electron chi connectivity index (χ1n) is 4.32. The molecule has 0 amide bonds. The van der Waals surface area contributed by atoms with E-state index >= 15 is 0 Å². The highest BCUT2D eigenvalue weighted by Crippen LogP contribution is 2.37. The van der Waals surface area contributed by atoms with Gasteiger partial charge in [-0.3, -0.25) is 0 Å². The SMILES string of the molecule is Cc1sc2ncnc(SCC(=O)[O-])c2c1Cl. The van der Waals surface area contributed by atoms with Crippen molar-refractivity contribution in [3.63, 3.8) is 0 Å². The van der Waals surface area contributed by atoms with Crippen LogP contribution in [0.1, 0.15) is 4.88 Å². The Bertz CT molecular complexity index is 556. The van der Waals surface area contributed by atoms with Crippen molar-refractivity contribution in [3.8, 4) is 0 Å². The number of carboxylic acids is 1. The van der Waals surface area contributed by atoms with Crippen LogP contribution in [0.4, 0.5) is 0 Å². The van der Waals surface area contributed by atoms with E-state index in [1.807, 2.05) is 6.92 Å². The maximum atomic E-state index is 10.4. The van der Waals surface area contributed by atoms with Gasteiger partial charge in [-0.15, -0.1) is 11.3 Å². The Kier molecular flexibility index (Phi) is 3.32. The summed E-state index contributed by atoms with van der Waals surface area (Å²) in [5.41, 5.74) is 0. The molecule has 0 aromatic carbocycles. The second-order valence-corrected chi connectivity index (χ2v) is 5.54. The standard InChI is InChI=1S/C9H7ClN2O2S2/c1-4-7(10)6-8(15-2-5(13)14)11-3-12-9(6)16-4/h3H,2H2,1H3,(H,13,14)/p-1. The molecule has 2 heterocycles. The summed E-state index contributed by atoms with van der Waals surface area (Å²) in [7, 11) is 0. The van der Waals surface area contributed by atoms with Crippen LogP contribution in [0.2, 0.25) is 5.02 Å². The number of carboxylic acid groups (broad SMARTS) is 1. The fourth-order valence-corrected chi connectivity index (χ4v) is 3.30. The van der Waals surface area contributed by atoms with E-state index in [9.17, 15) is 9.90 Å². The number of carbonyl (C=O) groups excluding carboxylic acids is 1. The van der Waals surface area contributed by atoms with Crippen molar-refractivity contribution in [1.82, 2.24) is 9.97 Å². The van der Waals surface area contributed by atoms with Crippen LogP contribution in [-0.4, -0.2) is 21.7 Å². The Labute approximate surface area is 105 Å². The van der Waals surface area contributed by atoms with Gasteiger partial charge in [0, 0.05) is 10.6 Å². The molecule has 0 unspecified atom stereocenters. The maximum Gasteiger partial charge on any atom is 0.129 e. The minimum atomic E-state index is -1.13. The highest BCUT2D eigenvalue weighted by Gasteiger charge is 2.13. The first kappa shape index (κ1) is 11.6. The Morgan fingerprint density at radius 3 is 3.06 bits per heavy atom. The van der Waals surface area contributed by atoms with Gasteiger partial charge in [-0.25, -0.2) is 9.97 Å². The van der Waals surface area contributed by atoms with Crippen LogP contribution in [0.15, 0.2) is 11.4 Å². The zero-order valence-electron chi connectivity index (χ0n) is 8.19. The molecule has 0 saturated heterocycles. The molecule has 2 aromatic heterocycles. The van der Waals surface area contributed by atoms with Gasteiger partial charge in [-0.2, -0.15) is 0 Å². The number of aliphatic carboxylic acids is 1. The minimum absolute atomic E-state index is 0.142. The van der Waals surface area contributed by atoms with Gasteiger partial charge in [0.05, 0.1) is 16.4 Å². The number of nitrogens with zero attached hydrogens (tertiary/aromatic N) is 2. The van der Waals surface area contributed by atoms with Crippen molar-refractivity contribution in [1.29, 1.82) is 0 Å². The Hall–Kier alpha value is -0.850. The number of thioether (sulfide) groups is 1. The lowest BCUT2D eigenvalue weighted by molar-refractivity contribution is -0.301. The van der Waals surface area contributed by atoms with Crippen molar-refractivity contribution in [2.24, 2.45) is 0 Å². The molecule has 0 fully saturated rings. The van der Waals surface area contributed by atoms with E-state index in [-0.39, 0.29) is 5.75 Å². The number of hydrogen-bond acceptors (Lipinski definition) is 6. The van der Waals surface area contributed by atoms with Crippen molar-refractivity contribution >= 4 is 50.9 Å².